The van der Waals surface area contributed by atoms with Gasteiger partial charge >= 0.3 is 0 Å². The summed E-state index contributed by atoms with van der Waals surface area (Å²) in [6, 6.07) is 0. The van der Waals surface area contributed by atoms with Crippen LogP contribution in [0.4, 0.5) is 0 Å². The predicted molar refractivity (Wildman–Crippen MR) is 178 cm³/mol. The lowest BCUT2D eigenvalue weighted by Gasteiger charge is -2.64. The summed E-state index contributed by atoms with van der Waals surface area (Å²) in [7, 11) is 1.83. The maximum Gasteiger partial charge on any atom is 0.0972 e. The Bertz CT molecular complexity index is 1050. The molecule has 6 heterocycles. The summed E-state index contributed by atoms with van der Waals surface area (Å²) in [6.45, 7) is 27.3. The van der Waals surface area contributed by atoms with E-state index in [4.69, 9.17) is 28.4 Å². The Morgan fingerprint density at radius 1 is 0.533 bits per heavy atom. The third-order valence-electron chi connectivity index (χ3n) is 15.8. The van der Waals surface area contributed by atoms with Gasteiger partial charge in [-0.05, 0) is 104 Å². The number of fused-ring (bicyclic) bond motifs is 9. The molecule has 0 spiro atoms. The molecule has 15 atom stereocenters. The zero-order valence-corrected chi connectivity index (χ0v) is 30.8. The Kier molecular flexibility index (Phi) is 9.21. The predicted octanol–water partition coefficient (Wildman–Crippen LogP) is 8.10. The van der Waals surface area contributed by atoms with Crippen molar-refractivity contribution in [3.63, 3.8) is 0 Å². The van der Waals surface area contributed by atoms with Gasteiger partial charge in [0.2, 0.25) is 0 Å². The van der Waals surface area contributed by atoms with E-state index in [1.807, 2.05) is 7.11 Å². The minimum absolute atomic E-state index is 0.0436. The van der Waals surface area contributed by atoms with Gasteiger partial charge < -0.3 is 28.4 Å². The van der Waals surface area contributed by atoms with Crippen molar-refractivity contribution in [2.75, 3.05) is 40.1 Å². The Labute approximate surface area is 275 Å². The summed E-state index contributed by atoms with van der Waals surface area (Å²) in [5.74, 6) is 3.05. The maximum atomic E-state index is 7.08. The van der Waals surface area contributed by atoms with Gasteiger partial charge in [0.15, 0.2) is 0 Å². The zero-order chi connectivity index (χ0) is 32.6. The second kappa shape index (κ2) is 12.0. The van der Waals surface area contributed by atoms with Crippen LogP contribution < -0.4 is 0 Å². The standard InChI is InChI=1S/C39H68O6/c1-12-32-35(9)15-28(6)38(44-32,17-26(35)4)24-41-20-30-19-39(22-40-11)31(18-36(30,10)33(13-2)45-39)21-42-23-37-16-25(3)34(8,14-27(37)5)29(7)43-37/h25-33H,12-24H2,1-11H3/t25-,26?,27+,28+,29?,30?,31-,32?,33?,34-,35+,36+,37?,38-,39-/m1/s1. The molecule has 6 unspecified atom stereocenters. The average molecular weight is 633 g/mol. The van der Waals surface area contributed by atoms with Gasteiger partial charge in [-0.3, -0.25) is 0 Å². The third kappa shape index (κ3) is 5.23. The smallest absolute Gasteiger partial charge is 0.0972 e. The first-order chi connectivity index (χ1) is 21.2. The van der Waals surface area contributed by atoms with Crippen molar-refractivity contribution < 1.29 is 28.4 Å². The van der Waals surface area contributed by atoms with Crippen molar-refractivity contribution in [2.45, 2.75) is 156 Å². The number of hydrogen-bond donors (Lipinski definition) is 0. The molecule has 0 radical (unpaired) electrons. The van der Waals surface area contributed by atoms with Crippen LogP contribution in [0.5, 0.6) is 0 Å². The van der Waals surface area contributed by atoms with Gasteiger partial charge in [0, 0.05) is 13.0 Å². The normalized spacial score (nSPS) is 55.4. The molecule has 6 aliphatic heterocycles. The summed E-state index contributed by atoms with van der Waals surface area (Å²) in [5.41, 5.74) is -0.0659. The quantitative estimate of drug-likeness (QED) is 0.217. The lowest BCUT2D eigenvalue weighted by Crippen LogP contribution is -2.68. The second-order valence-electron chi connectivity index (χ2n) is 18.2. The molecule has 6 bridgehead atoms. The van der Waals surface area contributed by atoms with E-state index in [2.05, 4.69) is 69.2 Å². The van der Waals surface area contributed by atoms with E-state index in [0.717, 1.165) is 45.1 Å². The average Bonchev–Trinajstić information content (AvgIpc) is 2.97. The van der Waals surface area contributed by atoms with Crippen LogP contribution in [0.25, 0.3) is 0 Å². The van der Waals surface area contributed by atoms with E-state index >= 15 is 0 Å². The van der Waals surface area contributed by atoms with E-state index in [9.17, 15) is 0 Å². The molecule has 6 saturated heterocycles. The third-order valence-corrected chi connectivity index (χ3v) is 15.8. The molecule has 260 valence electrons. The molecular formula is C39H68O6. The van der Waals surface area contributed by atoms with E-state index in [0.29, 0.717) is 68.0 Å². The highest BCUT2D eigenvalue weighted by Crippen LogP contribution is 2.62. The van der Waals surface area contributed by atoms with Crippen LogP contribution in [-0.2, 0) is 28.4 Å². The van der Waals surface area contributed by atoms with Gasteiger partial charge in [-0.15, -0.1) is 0 Å². The number of rotatable bonds is 12. The fourth-order valence-corrected chi connectivity index (χ4v) is 12.1. The Morgan fingerprint density at radius 2 is 1.04 bits per heavy atom. The van der Waals surface area contributed by atoms with E-state index in [1.54, 1.807) is 0 Å². The summed E-state index contributed by atoms with van der Waals surface area (Å²) in [5, 5.41) is 0. The van der Waals surface area contributed by atoms with Gasteiger partial charge in [0.05, 0.1) is 68.1 Å². The maximum absolute atomic E-state index is 7.08. The minimum atomic E-state index is -0.342. The van der Waals surface area contributed by atoms with E-state index in [-0.39, 0.29) is 45.3 Å². The first-order valence-electron chi connectivity index (χ1n) is 18.8. The van der Waals surface area contributed by atoms with Gasteiger partial charge in [0.25, 0.3) is 0 Å². The fraction of sp³-hybridized carbons (Fsp3) is 1.00. The van der Waals surface area contributed by atoms with Crippen LogP contribution in [-0.4, -0.2) is 75.3 Å². The van der Waals surface area contributed by atoms with Gasteiger partial charge in [-0.25, -0.2) is 0 Å². The Morgan fingerprint density at radius 3 is 1.62 bits per heavy atom. The van der Waals surface area contributed by atoms with E-state index < -0.39 is 0 Å². The highest BCUT2D eigenvalue weighted by molar-refractivity contribution is 5.12. The molecule has 9 aliphatic rings. The van der Waals surface area contributed by atoms with Crippen molar-refractivity contribution in [3.05, 3.63) is 0 Å². The summed E-state index contributed by atoms with van der Waals surface area (Å²) in [4.78, 5) is 0. The molecule has 0 amide bonds. The molecule has 6 heteroatoms. The number of hydrogen-bond acceptors (Lipinski definition) is 6. The fourth-order valence-electron chi connectivity index (χ4n) is 12.1. The molecule has 0 aromatic rings. The number of methoxy groups -OCH3 is 1. The Balaban J connectivity index is 1.13. The second-order valence-corrected chi connectivity index (χ2v) is 18.2. The monoisotopic (exact) mass is 633 g/mol. The highest BCUT2D eigenvalue weighted by Gasteiger charge is 2.64. The van der Waals surface area contributed by atoms with Crippen molar-refractivity contribution >= 4 is 0 Å². The lowest BCUT2D eigenvalue weighted by atomic mass is 9.53. The minimum Gasteiger partial charge on any atom is -0.382 e. The van der Waals surface area contributed by atoms with Gasteiger partial charge in [0.1, 0.15) is 0 Å². The molecule has 3 saturated carbocycles. The summed E-state index contributed by atoms with van der Waals surface area (Å²) < 4.78 is 40.3. The van der Waals surface area contributed by atoms with Crippen LogP contribution in [0.3, 0.4) is 0 Å². The molecule has 3 aliphatic carbocycles. The van der Waals surface area contributed by atoms with Crippen LogP contribution in [0, 0.1) is 51.8 Å². The molecule has 0 aromatic heterocycles. The largest absolute Gasteiger partial charge is 0.382 e. The number of ether oxygens (including phenoxy) is 6. The van der Waals surface area contributed by atoms with Crippen LogP contribution in [0.2, 0.25) is 0 Å². The van der Waals surface area contributed by atoms with Gasteiger partial charge in [-0.1, -0.05) is 62.3 Å². The van der Waals surface area contributed by atoms with Crippen molar-refractivity contribution in [1.29, 1.82) is 0 Å². The molecule has 0 aromatic carbocycles. The van der Waals surface area contributed by atoms with Crippen LogP contribution >= 0.6 is 0 Å². The highest BCUT2D eigenvalue weighted by atomic mass is 16.6. The lowest BCUT2D eigenvalue weighted by molar-refractivity contribution is -0.316. The molecule has 45 heavy (non-hydrogen) atoms. The van der Waals surface area contributed by atoms with Crippen LogP contribution in [0.1, 0.15) is 121 Å². The van der Waals surface area contributed by atoms with E-state index in [1.165, 1.54) is 12.8 Å². The zero-order valence-electron chi connectivity index (χ0n) is 30.8. The van der Waals surface area contributed by atoms with Crippen LogP contribution in [0.15, 0.2) is 0 Å². The molecule has 6 nitrogen and oxygen atoms in total. The topological polar surface area (TPSA) is 55.4 Å². The van der Waals surface area contributed by atoms with Crippen molar-refractivity contribution in [3.8, 4) is 0 Å². The Hall–Kier alpha value is -0.240. The molecule has 0 N–H and O–H groups in total. The first-order valence-corrected chi connectivity index (χ1v) is 18.8. The molecule has 9 rings (SSSR count). The van der Waals surface area contributed by atoms with Crippen molar-refractivity contribution in [2.24, 2.45) is 51.8 Å². The molecule has 9 fully saturated rings. The van der Waals surface area contributed by atoms with Crippen molar-refractivity contribution in [1.82, 2.24) is 0 Å². The SMILES string of the molecule is CCC1O[C@@]2(COCC3C[C@]4(COC)OC(CC)[C@@]3(C)C[C@@H]4COCC34C[C@@H](C)[C@@](C)(C[C@@H]3C)C(C)O4)CC(C)[C@]1(C)C[C@@H]2C. The first kappa shape index (κ1) is 34.6. The molecular weight excluding hydrogens is 564 g/mol. The summed E-state index contributed by atoms with van der Waals surface area (Å²) >= 11 is 0. The summed E-state index contributed by atoms with van der Waals surface area (Å²) in [6.07, 6.45) is 9.60. The van der Waals surface area contributed by atoms with Gasteiger partial charge in [-0.2, -0.15) is 0 Å².